The molecule has 3 aromatic rings. The summed E-state index contributed by atoms with van der Waals surface area (Å²) in [4.78, 5) is 13.2. The summed E-state index contributed by atoms with van der Waals surface area (Å²) in [6.07, 6.45) is 0. The third-order valence-corrected chi connectivity index (χ3v) is 2.92. The van der Waals surface area contributed by atoms with Gasteiger partial charge in [0.25, 0.3) is 0 Å². The number of rotatable bonds is 4. The lowest BCUT2D eigenvalue weighted by Gasteiger charge is -1.99. The molecule has 0 aliphatic heterocycles. The number of hydrogen-bond donors (Lipinski definition) is 0. The zero-order valence-corrected chi connectivity index (χ0v) is 11.0. The highest BCUT2D eigenvalue weighted by Gasteiger charge is 2.11. The van der Waals surface area contributed by atoms with Crippen LogP contribution in [0.2, 0.25) is 0 Å². The lowest BCUT2D eigenvalue weighted by molar-refractivity contribution is 0.0961. The maximum atomic E-state index is 13.1. The Bertz CT molecular complexity index is 770. The van der Waals surface area contributed by atoms with Gasteiger partial charge in [0.2, 0.25) is 5.82 Å². The van der Waals surface area contributed by atoms with Gasteiger partial charge in [-0.15, -0.1) is 10.2 Å². The highest BCUT2D eigenvalue weighted by atomic mass is 19.1. The molecule has 0 atom stereocenters. The Morgan fingerprint density at radius 3 is 2.67 bits per heavy atom. The molecule has 0 saturated heterocycles. The topological polar surface area (TPSA) is 60.7 Å². The third-order valence-electron chi connectivity index (χ3n) is 2.92. The molecule has 0 fully saturated rings. The minimum atomic E-state index is -0.447. The van der Waals surface area contributed by atoms with Crippen LogP contribution in [-0.4, -0.2) is 26.0 Å². The molecular weight excluding hydrogens is 271 g/mol. The number of carbonyl (C=O) groups excluding carboxylic acids is 1. The van der Waals surface area contributed by atoms with Gasteiger partial charge in [-0.1, -0.05) is 42.5 Å². The van der Waals surface area contributed by atoms with E-state index < -0.39 is 5.82 Å². The molecule has 2 aromatic carbocycles. The molecule has 104 valence electrons. The van der Waals surface area contributed by atoms with Gasteiger partial charge in [-0.05, 0) is 17.3 Å². The maximum Gasteiger partial charge on any atom is 0.204 e. The lowest BCUT2D eigenvalue weighted by Crippen LogP contribution is -2.13. The normalized spacial score (nSPS) is 10.5. The van der Waals surface area contributed by atoms with E-state index in [2.05, 4.69) is 15.4 Å². The number of ketones is 1. The molecule has 0 radical (unpaired) electrons. The summed E-state index contributed by atoms with van der Waals surface area (Å²) in [6.45, 7) is -0.0801. The summed E-state index contributed by atoms with van der Waals surface area (Å²) in [7, 11) is 0. The van der Waals surface area contributed by atoms with Crippen LogP contribution < -0.4 is 0 Å². The number of hydrogen-bond acceptors (Lipinski definition) is 4. The Morgan fingerprint density at radius 1 is 1.10 bits per heavy atom. The van der Waals surface area contributed by atoms with E-state index >= 15 is 0 Å². The van der Waals surface area contributed by atoms with Crippen LogP contribution in [0.3, 0.4) is 0 Å². The molecule has 21 heavy (non-hydrogen) atoms. The summed E-state index contributed by atoms with van der Waals surface area (Å²) < 4.78 is 13.1. The molecule has 0 aliphatic carbocycles. The summed E-state index contributed by atoms with van der Waals surface area (Å²) >= 11 is 0. The SMILES string of the molecule is O=C(Cn1nnc(-c2ccccc2)n1)c1cccc(F)c1. The predicted octanol–water partition coefficient (Wildman–Crippen LogP) is 2.36. The molecule has 0 saturated carbocycles. The van der Waals surface area contributed by atoms with Crippen LogP contribution in [0.15, 0.2) is 54.6 Å². The fourth-order valence-electron chi connectivity index (χ4n) is 1.89. The summed E-state index contributed by atoms with van der Waals surface area (Å²) in [5.74, 6) is -0.272. The number of carbonyl (C=O) groups is 1. The van der Waals surface area contributed by atoms with E-state index in [1.165, 1.54) is 23.0 Å². The van der Waals surface area contributed by atoms with Crippen molar-refractivity contribution >= 4 is 5.78 Å². The van der Waals surface area contributed by atoms with Gasteiger partial charge in [-0.3, -0.25) is 4.79 Å². The number of benzene rings is 2. The number of Topliss-reactive ketones (excluding diaryl/α,β-unsaturated/α-hetero) is 1. The second kappa shape index (κ2) is 5.62. The zero-order chi connectivity index (χ0) is 14.7. The van der Waals surface area contributed by atoms with Crippen LogP contribution >= 0.6 is 0 Å². The Morgan fingerprint density at radius 2 is 1.90 bits per heavy atom. The highest BCUT2D eigenvalue weighted by Crippen LogP contribution is 2.12. The average Bonchev–Trinajstić information content (AvgIpc) is 2.97. The standard InChI is InChI=1S/C15H11FN4O/c16-13-8-4-7-12(9-13)14(21)10-20-18-15(17-19-20)11-5-2-1-3-6-11/h1-9H,10H2. The van der Waals surface area contributed by atoms with Gasteiger partial charge in [-0.25, -0.2) is 4.39 Å². The average molecular weight is 282 g/mol. The highest BCUT2D eigenvalue weighted by molar-refractivity contribution is 5.95. The van der Waals surface area contributed by atoms with Crippen LogP contribution in [0.25, 0.3) is 11.4 Å². The minimum Gasteiger partial charge on any atom is -0.292 e. The molecule has 0 amide bonds. The van der Waals surface area contributed by atoms with Crippen molar-refractivity contribution in [3.63, 3.8) is 0 Å². The Balaban J connectivity index is 1.77. The van der Waals surface area contributed by atoms with Gasteiger partial charge in [-0.2, -0.15) is 4.80 Å². The Hall–Kier alpha value is -2.89. The number of tetrazole rings is 1. The van der Waals surface area contributed by atoms with Gasteiger partial charge >= 0.3 is 0 Å². The molecule has 0 spiro atoms. The van der Waals surface area contributed by atoms with E-state index in [4.69, 9.17) is 0 Å². The van der Waals surface area contributed by atoms with Gasteiger partial charge in [0.05, 0.1) is 0 Å². The Kier molecular flexibility index (Phi) is 3.51. The van der Waals surface area contributed by atoms with E-state index in [-0.39, 0.29) is 17.9 Å². The molecule has 1 aromatic heterocycles. The lowest BCUT2D eigenvalue weighted by atomic mass is 10.1. The van der Waals surface area contributed by atoms with Crippen molar-refractivity contribution in [3.05, 3.63) is 66.0 Å². The van der Waals surface area contributed by atoms with Crippen molar-refractivity contribution in [2.24, 2.45) is 0 Å². The molecule has 3 rings (SSSR count). The smallest absolute Gasteiger partial charge is 0.204 e. The molecule has 5 nitrogen and oxygen atoms in total. The van der Waals surface area contributed by atoms with Gasteiger partial charge in [0, 0.05) is 11.1 Å². The van der Waals surface area contributed by atoms with Crippen LogP contribution in [0, 0.1) is 5.82 Å². The molecular formula is C15H11FN4O. The maximum absolute atomic E-state index is 13.1. The minimum absolute atomic E-state index is 0.0801. The van der Waals surface area contributed by atoms with E-state index in [1.54, 1.807) is 6.07 Å². The van der Waals surface area contributed by atoms with Crippen LogP contribution in [-0.2, 0) is 6.54 Å². The van der Waals surface area contributed by atoms with Crippen LogP contribution in [0.4, 0.5) is 4.39 Å². The first-order chi connectivity index (χ1) is 10.2. The van der Waals surface area contributed by atoms with Crippen molar-refractivity contribution < 1.29 is 9.18 Å². The van der Waals surface area contributed by atoms with E-state index in [0.29, 0.717) is 5.82 Å². The van der Waals surface area contributed by atoms with Crippen molar-refractivity contribution in [1.82, 2.24) is 20.2 Å². The monoisotopic (exact) mass is 282 g/mol. The summed E-state index contributed by atoms with van der Waals surface area (Å²) in [6, 6.07) is 14.9. The molecule has 0 aliphatic rings. The molecule has 6 heteroatoms. The predicted molar refractivity (Wildman–Crippen MR) is 74.0 cm³/mol. The quantitative estimate of drug-likeness (QED) is 0.689. The van der Waals surface area contributed by atoms with Crippen molar-refractivity contribution in [1.29, 1.82) is 0 Å². The second-order valence-corrected chi connectivity index (χ2v) is 4.44. The number of halogens is 1. The van der Waals surface area contributed by atoms with Crippen molar-refractivity contribution in [3.8, 4) is 11.4 Å². The number of nitrogens with zero attached hydrogens (tertiary/aromatic N) is 4. The van der Waals surface area contributed by atoms with Crippen LogP contribution in [0.5, 0.6) is 0 Å². The molecule has 0 bridgehead atoms. The first-order valence-electron chi connectivity index (χ1n) is 6.34. The van der Waals surface area contributed by atoms with E-state index in [1.807, 2.05) is 30.3 Å². The zero-order valence-electron chi connectivity index (χ0n) is 11.0. The molecule has 0 N–H and O–H groups in total. The van der Waals surface area contributed by atoms with Crippen LogP contribution in [0.1, 0.15) is 10.4 Å². The van der Waals surface area contributed by atoms with Gasteiger partial charge in [0.15, 0.2) is 5.78 Å². The first kappa shape index (κ1) is 13.1. The fourth-order valence-corrected chi connectivity index (χ4v) is 1.89. The summed E-state index contributed by atoms with van der Waals surface area (Å²) in [5, 5.41) is 11.9. The first-order valence-corrected chi connectivity index (χ1v) is 6.34. The van der Waals surface area contributed by atoms with E-state index in [9.17, 15) is 9.18 Å². The third kappa shape index (κ3) is 3.00. The van der Waals surface area contributed by atoms with Crippen molar-refractivity contribution in [2.75, 3.05) is 0 Å². The van der Waals surface area contributed by atoms with Gasteiger partial charge in [0.1, 0.15) is 12.4 Å². The van der Waals surface area contributed by atoms with Gasteiger partial charge < -0.3 is 0 Å². The fraction of sp³-hybridized carbons (Fsp3) is 0.0667. The second-order valence-electron chi connectivity index (χ2n) is 4.44. The molecule has 1 heterocycles. The Labute approximate surface area is 120 Å². The molecule has 0 unspecified atom stereocenters. The summed E-state index contributed by atoms with van der Waals surface area (Å²) in [5.41, 5.74) is 1.11. The van der Waals surface area contributed by atoms with Crippen molar-refractivity contribution in [2.45, 2.75) is 6.54 Å². The number of aromatic nitrogens is 4. The van der Waals surface area contributed by atoms with E-state index in [0.717, 1.165) is 5.56 Å². The largest absolute Gasteiger partial charge is 0.292 e.